The van der Waals surface area contributed by atoms with Crippen LogP contribution in [0.3, 0.4) is 0 Å². The highest BCUT2D eigenvalue weighted by atomic mass is 19.1. The first-order chi connectivity index (χ1) is 14.7. The van der Waals surface area contributed by atoms with Crippen LogP contribution in [0.2, 0.25) is 0 Å². The van der Waals surface area contributed by atoms with Gasteiger partial charge in [-0.1, -0.05) is 17.3 Å². The molecule has 3 heterocycles. The fraction of sp³-hybridized carbons (Fsp3) is 0.0909. The zero-order valence-corrected chi connectivity index (χ0v) is 16.0. The molecule has 2 aromatic carbocycles. The molecule has 8 heteroatoms. The summed E-state index contributed by atoms with van der Waals surface area (Å²) in [5.74, 6) is 1.40. The quantitative estimate of drug-likeness (QED) is 0.437. The van der Waals surface area contributed by atoms with Crippen LogP contribution in [0.4, 0.5) is 4.39 Å². The molecule has 0 atom stereocenters. The average molecular weight is 401 g/mol. The number of methoxy groups -OCH3 is 1. The van der Waals surface area contributed by atoms with Crippen molar-refractivity contribution in [3.8, 4) is 39.8 Å². The molecular weight excluding hydrogens is 385 g/mol. The van der Waals surface area contributed by atoms with Crippen LogP contribution in [-0.2, 0) is 6.54 Å². The minimum absolute atomic E-state index is 0.337. The first-order valence-corrected chi connectivity index (χ1v) is 9.25. The molecule has 0 fully saturated rings. The van der Waals surface area contributed by atoms with Crippen molar-refractivity contribution in [1.82, 2.24) is 24.9 Å². The molecule has 1 aromatic heterocycles. The van der Waals surface area contributed by atoms with E-state index in [9.17, 15) is 4.39 Å². The van der Waals surface area contributed by atoms with Crippen LogP contribution in [0.15, 0.2) is 71.5 Å². The van der Waals surface area contributed by atoms with Gasteiger partial charge >= 0.3 is 0 Å². The summed E-state index contributed by atoms with van der Waals surface area (Å²) in [7, 11) is 1.63. The maximum Gasteiger partial charge on any atom is 0.163 e. The molecule has 148 valence electrons. The number of aromatic nitrogens is 5. The van der Waals surface area contributed by atoms with Gasteiger partial charge in [-0.15, -0.1) is 0 Å². The number of halogens is 1. The van der Waals surface area contributed by atoms with Gasteiger partial charge in [-0.05, 0) is 36.4 Å². The van der Waals surface area contributed by atoms with Gasteiger partial charge in [0.2, 0.25) is 0 Å². The number of nitrogens with zero attached hydrogens (tertiary/aromatic N) is 5. The smallest absolute Gasteiger partial charge is 0.163 e. The summed E-state index contributed by atoms with van der Waals surface area (Å²) in [6.45, 7) is 0.376. The van der Waals surface area contributed by atoms with Crippen LogP contribution in [0, 0.1) is 5.82 Å². The van der Waals surface area contributed by atoms with Crippen LogP contribution >= 0.6 is 0 Å². The van der Waals surface area contributed by atoms with Crippen LogP contribution < -0.4 is 4.74 Å². The van der Waals surface area contributed by atoms with E-state index in [1.807, 2.05) is 30.3 Å². The van der Waals surface area contributed by atoms with Gasteiger partial charge in [0.1, 0.15) is 35.2 Å². The summed E-state index contributed by atoms with van der Waals surface area (Å²) in [4.78, 5) is 8.82. The Morgan fingerprint density at radius 1 is 1.00 bits per heavy atom. The van der Waals surface area contributed by atoms with E-state index in [0.717, 1.165) is 17.0 Å². The maximum absolute atomic E-state index is 14.0. The number of hydrogen-bond donors (Lipinski definition) is 0. The van der Waals surface area contributed by atoms with Gasteiger partial charge in [0.15, 0.2) is 11.6 Å². The maximum atomic E-state index is 14.0. The molecule has 0 aliphatic carbocycles. The Hall–Kier alpha value is -4.07. The topological polar surface area (TPSA) is 78.9 Å². The summed E-state index contributed by atoms with van der Waals surface area (Å²) >= 11 is 0. The number of benzene rings is 2. The largest absolute Gasteiger partial charge is 0.497 e. The normalized spacial score (nSPS) is 11.1. The molecule has 7 nitrogen and oxygen atoms in total. The molecule has 0 N–H and O–H groups in total. The minimum Gasteiger partial charge on any atom is -0.497 e. The van der Waals surface area contributed by atoms with Crippen molar-refractivity contribution in [2.75, 3.05) is 7.11 Å². The summed E-state index contributed by atoms with van der Waals surface area (Å²) < 4.78 is 26.3. The number of fused-ring (bicyclic) bond motifs is 1. The highest BCUT2D eigenvalue weighted by Gasteiger charge is 2.16. The van der Waals surface area contributed by atoms with E-state index in [1.165, 1.54) is 6.07 Å². The predicted octanol–water partition coefficient (Wildman–Crippen LogP) is 4.30. The SMILES string of the molecule is COc1ccc(-c2cc(Cn3cc4nc(-c5ccccc5F)nc-4cn3)on2)cc1. The van der Waals surface area contributed by atoms with Crippen molar-refractivity contribution in [2.45, 2.75) is 6.54 Å². The molecular formula is C22H16FN5O2. The summed E-state index contributed by atoms with van der Waals surface area (Å²) in [5, 5.41) is 8.48. The number of ether oxygens (including phenoxy) is 1. The molecule has 0 saturated carbocycles. The minimum atomic E-state index is -0.360. The second-order valence-electron chi connectivity index (χ2n) is 6.68. The third-order valence-electron chi connectivity index (χ3n) is 4.69. The van der Waals surface area contributed by atoms with Gasteiger partial charge in [-0.25, -0.2) is 14.4 Å². The van der Waals surface area contributed by atoms with Gasteiger partial charge in [0.05, 0.1) is 25.1 Å². The van der Waals surface area contributed by atoms with Crippen molar-refractivity contribution >= 4 is 0 Å². The van der Waals surface area contributed by atoms with Crippen LogP contribution in [0.25, 0.3) is 34.0 Å². The Morgan fingerprint density at radius 3 is 2.60 bits per heavy atom. The second kappa shape index (κ2) is 7.40. The molecule has 3 aromatic rings. The Kier molecular flexibility index (Phi) is 4.44. The lowest BCUT2D eigenvalue weighted by atomic mass is 10.1. The van der Waals surface area contributed by atoms with Crippen molar-refractivity contribution in [1.29, 1.82) is 0 Å². The Bertz CT molecular complexity index is 1280. The van der Waals surface area contributed by atoms with E-state index < -0.39 is 0 Å². The molecule has 0 spiro atoms. The molecule has 0 amide bonds. The number of imidazole rings is 1. The van der Waals surface area contributed by atoms with E-state index >= 15 is 0 Å². The molecule has 30 heavy (non-hydrogen) atoms. The van der Waals surface area contributed by atoms with E-state index in [1.54, 1.807) is 42.4 Å². The van der Waals surface area contributed by atoms with Gasteiger partial charge in [-0.2, -0.15) is 5.10 Å². The summed E-state index contributed by atoms with van der Waals surface area (Å²) in [6, 6.07) is 15.9. The van der Waals surface area contributed by atoms with Crippen LogP contribution in [0.5, 0.6) is 5.75 Å². The Labute approximate surface area is 171 Å². The standard InChI is InChI=1S/C22H16FN5O2/c1-29-15-8-6-14(7-9-15)19-10-16(30-27-19)12-28-13-21-20(11-24-28)25-22(26-21)17-4-2-3-5-18(17)23/h2-11,13H,12H2,1H3. The predicted molar refractivity (Wildman–Crippen MR) is 107 cm³/mol. The molecule has 0 unspecified atom stereocenters. The summed E-state index contributed by atoms with van der Waals surface area (Å²) in [5.41, 5.74) is 3.23. The number of rotatable bonds is 5. The first-order valence-electron chi connectivity index (χ1n) is 9.25. The highest BCUT2D eigenvalue weighted by molar-refractivity contribution is 5.65. The van der Waals surface area contributed by atoms with Gasteiger partial charge < -0.3 is 9.26 Å². The third-order valence-corrected chi connectivity index (χ3v) is 4.69. The lowest BCUT2D eigenvalue weighted by molar-refractivity contribution is 0.372. The van der Waals surface area contributed by atoms with Gasteiger partial charge in [0.25, 0.3) is 0 Å². The van der Waals surface area contributed by atoms with E-state index in [2.05, 4.69) is 20.2 Å². The van der Waals surface area contributed by atoms with Gasteiger partial charge in [0, 0.05) is 11.6 Å². The summed E-state index contributed by atoms with van der Waals surface area (Å²) in [6.07, 6.45) is 3.36. The van der Waals surface area contributed by atoms with Crippen molar-refractivity contribution in [3.05, 3.63) is 78.6 Å². The van der Waals surface area contributed by atoms with E-state index in [0.29, 0.717) is 35.1 Å². The van der Waals surface area contributed by atoms with Gasteiger partial charge in [-0.3, -0.25) is 4.68 Å². The third kappa shape index (κ3) is 3.39. The fourth-order valence-corrected chi connectivity index (χ4v) is 3.16. The molecule has 5 rings (SSSR count). The molecule has 2 aliphatic rings. The zero-order chi connectivity index (χ0) is 20.5. The van der Waals surface area contributed by atoms with Crippen molar-refractivity contribution in [3.63, 3.8) is 0 Å². The molecule has 2 aliphatic heterocycles. The first kappa shape index (κ1) is 18.0. The molecule has 0 saturated heterocycles. The lowest BCUT2D eigenvalue weighted by Gasteiger charge is -2.03. The lowest BCUT2D eigenvalue weighted by Crippen LogP contribution is -2.04. The Morgan fingerprint density at radius 2 is 1.80 bits per heavy atom. The average Bonchev–Trinajstić information content (AvgIpc) is 3.41. The molecule has 0 radical (unpaired) electrons. The van der Waals surface area contributed by atoms with Crippen molar-refractivity contribution in [2.24, 2.45) is 0 Å². The second-order valence-corrected chi connectivity index (χ2v) is 6.68. The van der Waals surface area contributed by atoms with Crippen molar-refractivity contribution < 1.29 is 13.7 Å². The van der Waals surface area contributed by atoms with Crippen LogP contribution in [0.1, 0.15) is 5.76 Å². The highest BCUT2D eigenvalue weighted by Crippen LogP contribution is 2.26. The zero-order valence-electron chi connectivity index (χ0n) is 16.0. The fourth-order valence-electron chi connectivity index (χ4n) is 3.16. The van der Waals surface area contributed by atoms with E-state index in [4.69, 9.17) is 9.26 Å². The Balaban J connectivity index is 1.39. The van der Waals surface area contributed by atoms with Crippen LogP contribution in [-0.4, -0.2) is 32.0 Å². The monoisotopic (exact) mass is 401 g/mol. The number of hydrogen-bond acceptors (Lipinski definition) is 6. The van der Waals surface area contributed by atoms with E-state index in [-0.39, 0.29) is 5.82 Å². The molecule has 0 bridgehead atoms.